The molecule has 4 aromatic rings. The third-order valence-corrected chi connectivity index (χ3v) is 4.61. The van der Waals surface area contributed by atoms with E-state index in [-0.39, 0.29) is 0 Å². The highest BCUT2D eigenvalue weighted by molar-refractivity contribution is 7.80. The predicted molar refractivity (Wildman–Crippen MR) is 128 cm³/mol. The topological polar surface area (TPSA) is 63.5 Å². The lowest BCUT2D eigenvalue weighted by atomic mass is 10.2. The fourth-order valence-electron chi connectivity index (χ4n) is 2.95. The van der Waals surface area contributed by atoms with Gasteiger partial charge in [-0.1, -0.05) is 54.6 Å². The van der Waals surface area contributed by atoms with E-state index in [1.165, 1.54) is 0 Å². The standard InChI is InChI=1S/C24H21N5OS/c1-18-22(17-25-27-24(31)26-19-11-5-2-6-12-19)23(30-21-15-9-4-10-16-21)29(28-18)20-13-7-3-8-14-20/h2-17H,1H3,(H2,26,27,31)/b25-17+. The van der Waals surface area contributed by atoms with Crippen LogP contribution in [0.5, 0.6) is 11.6 Å². The van der Waals surface area contributed by atoms with Crippen LogP contribution in [-0.2, 0) is 0 Å². The van der Waals surface area contributed by atoms with E-state index in [1.807, 2.05) is 97.9 Å². The van der Waals surface area contributed by atoms with Crippen molar-refractivity contribution >= 4 is 29.2 Å². The minimum atomic E-state index is 0.390. The molecule has 0 saturated carbocycles. The zero-order valence-electron chi connectivity index (χ0n) is 16.9. The number of hydrogen-bond donors (Lipinski definition) is 2. The molecule has 31 heavy (non-hydrogen) atoms. The zero-order chi connectivity index (χ0) is 21.5. The van der Waals surface area contributed by atoms with Gasteiger partial charge in [-0.05, 0) is 55.5 Å². The number of nitrogens with one attached hydrogen (secondary N) is 2. The number of hydrogen-bond acceptors (Lipinski definition) is 4. The number of aryl methyl sites for hydroxylation is 1. The van der Waals surface area contributed by atoms with Crippen LogP contribution in [0.25, 0.3) is 5.69 Å². The van der Waals surface area contributed by atoms with Crippen molar-refractivity contribution in [3.63, 3.8) is 0 Å². The van der Waals surface area contributed by atoms with Crippen molar-refractivity contribution in [3.8, 4) is 17.3 Å². The number of para-hydroxylation sites is 3. The first-order valence-electron chi connectivity index (χ1n) is 9.74. The number of ether oxygens (including phenoxy) is 1. The first-order chi connectivity index (χ1) is 15.2. The van der Waals surface area contributed by atoms with Gasteiger partial charge in [0.25, 0.3) is 0 Å². The number of thiocarbonyl (C=S) groups is 1. The molecule has 1 aromatic heterocycles. The maximum atomic E-state index is 6.20. The molecule has 0 aliphatic rings. The number of anilines is 1. The first kappa shape index (κ1) is 20.3. The van der Waals surface area contributed by atoms with Gasteiger partial charge in [0.2, 0.25) is 5.88 Å². The molecule has 7 heteroatoms. The Labute approximate surface area is 186 Å². The Kier molecular flexibility index (Phi) is 6.35. The van der Waals surface area contributed by atoms with Gasteiger partial charge in [-0.25, -0.2) is 0 Å². The Balaban J connectivity index is 1.59. The normalized spacial score (nSPS) is 10.7. The number of hydrazone groups is 1. The molecular weight excluding hydrogens is 406 g/mol. The molecule has 4 rings (SSSR count). The van der Waals surface area contributed by atoms with Crippen molar-refractivity contribution in [2.45, 2.75) is 6.92 Å². The monoisotopic (exact) mass is 427 g/mol. The van der Waals surface area contributed by atoms with Crippen molar-refractivity contribution in [1.82, 2.24) is 15.2 Å². The van der Waals surface area contributed by atoms with Crippen LogP contribution < -0.4 is 15.5 Å². The van der Waals surface area contributed by atoms with Crippen molar-refractivity contribution in [2.24, 2.45) is 5.10 Å². The van der Waals surface area contributed by atoms with Gasteiger partial charge >= 0.3 is 0 Å². The lowest BCUT2D eigenvalue weighted by Crippen LogP contribution is -2.23. The summed E-state index contributed by atoms with van der Waals surface area (Å²) < 4.78 is 7.97. The molecule has 0 fully saturated rings. The molecule has 6 nitrogen and oxygen atoms in total. The van der Waals surface area contributed by atoms with Crippen LogP contribution in [0.1, 0.15) is 11.3 Å². The minimum Gasteiger partial charge on any atom is -0.438 e. The molecule has 0 saturated heterocycles. The van der Waals surface area contributed by atoms with Gasteiger partial charge in [-0.3, -0.25) is 5.43 Å². The number of aromatic nitrogens is 2. The maximum Gasteiger partial charge on any atom is 0.231 e. The van der Waals surface area contributed by atoms with Crippen molar-refractivity contribution < 1.29 is 4.74 Å². The average molecular weight is 428 g/mol. The number of nitrogens with zero attached hydrogens (tertiary/aromatic N) is 3. The summed E-state index contributed by atoms with van der Waals surface area (Å²) in [5, 5.41) is 12.4. The molecule has 0 bridgehead atoms. The fourth-order valence-corrected chi connectivity index (χ4v) is 3.12. The highest BCUT2D eigenvalue weighted by Gasteiger charge is 2.17. The molecule has 1 heterocycles. The van der Waals surface area contributed by atoms with Crippen molar-refractivity contribution in [1.29, 1.82) is 0 Å². The van der Waals surface area contributed by atoms with Crippen LogP contribution in [0.2, 0.25) is 0 Å². The third-order valence-electron chi connectivity index (χ3n) is 4.41. The third kappa shape index (κ3) is 5.15. The fraction of sp³-hybridized carbons (Fsp3) is 0.0417. The molecule has 0 radical (unpaired) electrons. The average Bonchev–Trinajstić information content (AvgIpc) is 3.11. The Bertz CT molecular complexity index is 1170. The smallest absolute Gasteiger partial charge is 0.231 e. The molecule has 154 valence electrons. The van der Waals surface area contributed by atoms with E-state index in [4.69, 9.17) is 17.0 Å². The van der Waals surface area contributed by atoms with Gasteiger partial charge in [0, 0.05) is 5.69 Å². The van der Waals surface area contributed by atoms with E-state index < -0.39 is 0 Å². The van der Waals surface area contributed by atoms with E-state index in [2.05, 4.69) is 20.9 Å². The highest BCUT2D eigenvalue weighted by Crippen LogP contribution is 2.29. The van der Waals surface area contributed by atoms with Crippen LogP contribution in [0.4, 0.5) is 5.69 Å². The van der Waals surface area contributed by atoms with Gasteiger partial charge < -0.3 is 10.1 Å². The second kappa shape index (κ2) is 9.69. The Hall–Kier alpha value is -3.97. The molecule has 2 N–H and O–H groups in total. The van der Waals surface area contributed by atoms with Crippen LogP contribution in [0.3, 0.4) is 0 Å². The summed E-state index contributed by atoms with van der Waals surface area (Å²) in [6, 6.07) is 29.1. The maximum absolute atomic E-state index is 6.20. The molecule has 0 atom stereocenters. The zero-order valence-corrected chi connectivity index (χ0v) is 17.7. The van der Waals surface area contributed by atoms with Gasteiger partial charge in [0.05, 0.1) is 23.2 Å². The minimum absolute atomic E-state index is 0.390. The summed E-state index contributed by atoms with van der Waals surface area (Å²) in [6.45, 7) is 1.92. The SMILES string of the molecule is Cc1nn(-c2ccccc2)c(Oc2ccccc2)c1/C=N/NC(=S)Nc1ccccc1. The number of benzene rings is 3. The Morgan fingerprint density at radius 1 is 0.935 bits per heavy atom. The van der Waals surface area contributed by atoms with Crippen molar-refractivity contribution in [2.75, 3.05) is 5.32 Å². The van der Waals surface area contributed by atoms with Gasteiger partial charge in [-0.15, -0.1) is 0 Å². The summed E-state index contributed by atoms with van der Waals surface area (Å²) in [5.41, 5.74) is 6.16. The second-order valence-corrected chi connectivity index (χ2v) is 7.07. The quantitative estimate of drug-likeness (QED) is 0.249. The lowest BCUT2D eigenvalue weighted by Gasteiger charge is -2.10. The second-order valence-electron chi connectivity index (χ2n) is 6.66. The molecule has 0 spiro atoms. The van der Waals surface area contributed by atoms with Crippen molar-refractivity contribution in [3.05, 3.63) is 102 Å². The summed E-state index contributed by atoms with van der Waals surface area (Å²) in [4.78, 5) is 0. The predicted octanol–water partition coefficient (Wildman–Crippen LogP) is 5.29. The van der Waals surface area contributed by atoms with E-state index >= 15 is 0 Å². The molecule has 3 aromatic carbocycles. The highest BCUT2D eigenvalue weighted by atomic mass is 32.1. The number of rotatable bonds is 6. The molecule has 0 amide bonds. The van der Waals surface area contributed by atoms with E-state index in [0.717, 1.165) is 22.6 Å². The van der Waals surface area contributed by atoms with Gasteiger partial charge in [-0.2, -0.15) is 14.9 Å². The van der Waals surface area contributed by atoms with Crippen LogP contribution in [0.15, 0.2) is 96.1 Å². The van der Waals surface area contributed by atoms with Crippen LogP contribution in [-0.4, -0.2) is 21.1 Å². The van der Waals surface area contributed by atoms with Gasteiger partial charge in [0.15, 0.2) is 5.11 Å². The van der Waals surface area contributed by atoms with Gasteiger partial charge in [0.1, 0.15) is 5.75 Å². The Morgan fingerprint density at radius 2 is 1.55 bits per heavy atom. The molecular formula is C24H21N5OS. The lowest BCUT2D eigenvalue weighted by molar-refractivity contribution is 0.444. The summed E-state index contributed by atoms with van der Waals surface area (Å²) in [7, 11) is 0. The van der Waals surface area contributed by atoms with Crippen LogP contribution >= 0.6 is 12.2 Å². The summed E-state index contributed by atoms with van der Waals surface area (Å²) >= 11 is 5.32. The molecule has 0 aliphatic carbocycles. The molecule has 0 unspecified atom stereocenters. The van der Waals surface area contributed by atoms with E-state index in [9.17, 15) is 0 Å². The first-order valence-corrected chi connectivity index (χ1v) is 10.1. The summed E-state index contributed by atoms with van der Waals surface area (Å²) in [5.74, 6) is 1.28. The molecule has 0 aliphatic heterocycles. The van der Waals surface area contributed by atoms with Crippen LogP contribution in [0, 0.1) is 6.92 Å². The Morgan fingerprint density at radius 3 is 2.23 bits per heavy atom. The largest absolute Gasteiger partial charge is 0.438 e. The van der Waals surface area contributed by atoms with E-state index in [1.54, 1.807) is 10.9 Å². The summed E-state index contributed by atoms with van der Waals surface area (Å²) in [6.07, 6.45) is 1.67. The van der Waals surface area contributed by atoms with E-state index in [0.29, 0.717) is 16.7 Å².